The first-order valence-corrected chi connectivity index (χ1v) is 7.18. The van der Waals surface area contributed by atoms with Gasteiger partial charge in [0.05, 0.1) is 0 Å². The van der Waals surface area contributed by atoms with E-state index in [0.29, 0.717) is 0 Å². The molecule has 0 amide bonds. The Hall–Kier alpha value is -1.72. The summed E-state index contributed by atoms with van der Waals surface area (Å²) in [5, 5.41) is 0. The Morgan fingerprint density at radius 1 is 1.16 bits per heavy atom. The van der Waals surface area contributed by atoms with Crippen molar-refractivity contribution in [2.24, 2.45) is 0 Å². The van der Waals surface area contributed by atoms with Gasteiger partial charge in [0.1, 0.15) is 10.5 Å². The molecule has 100 valence electrons. The van der Waals surface area contributed by atoms with Gasteiger partial charge in [-0.1, -0.05) is 42.5 Å². The highest BCUT2D eigenvalue weighted by Crippen LogP contribution is 2.32. The molecule has 0 bridgehead atoms. The normalized spacial score (nSPS) is 23.3. The highest BCUT2D eigenvalue weighted by molar-refractivity contribution is 7.92. The molecule has 1 aromatic carbocycles. The van der Waals surface area contributed by atoms with Gasteiger partial charge in [0, 0.05) is 0 Å². The van der Waals surface area contributed by atoms with Crippen LogP contribution in [0.2, 0.25) is 0 Å². The number of Topliss-reactive ketones (excluding diaryl/α,β-unsaturated/α-hetero) is 1. The monoisotopic (exact) mass is 278 g/mol. The first-order valence-electron chi connectivity index (χ1n) is 5.77. The quantitative estimate of drug-likeness (QED) is 0.615. The summed E-state index contributed by atoms with van der Waals surface area (Å²) in [5.74, 6) is -0.523. The third-order valence-electron chi connectivity index (χ3n) is 2.69. The van der Waals surface area contributed by atoms with Gasteiger partial charge in [0.25, 0.3) is 0 Å². The number of hydrogen-bond acceptors (Lipinski definition) is 4. The molecule has 0 radical (unpaired) electrons. The Kier molecular flexibility index (Phi) is 3.43. The molecule has 5 heteroatoms. The fourth-order valence-electron chi connectivity index (χ4n) is 1.74. The third kappa shape index (κ3) is 2.83. The van der Waals surface area contributed by atoms with Crippen molar-refractivity contribution in [3.8, 4) is 0 Å². The predicted octanol–water partition coefficient (Wildman–Crippen LogP) is 2.29. The van der Waals surface area contributed by atoms with Crippen molar-refractivity contribution in [3.05, 3.63) is 53.0 Å². The number of allylic oxidation sites excluding steroid dienone is 2. The summed E-state index contributed by atoms with van der Waals surface area (Å²) in [6, 6.07) is 9.38. The maximum absolute atomic E-state index is 11.9. The molecule has 1 saturated heterocycles. The molecule has 1 heterocycles. The first-order chi connectivity index (χ1) is 8.83. The largest absolute Gasteiger partial charge is 0.301 e. The molecule has 0 unspecified atom stereocenters. The molecule has 0 saturated carbocycles. The zero-order chi connectivity index (χ0) is 14.1. The number of carbonyl (C=O) groups excluding carboxylic acids is 1. The molecular formula is C14H14O4S. The van der Waals surface area contributed by atoms with E-state index < -0.39 is 21.5 Å². The smallest absolute Gasteiger partial charge is 0.290 e. The Labute approximate surface area is 112 Å². The molecule has 1 aliphatic rings. The van der Waals surface area contributed by atoms with E-state index in [9.17, 15) is 13.2 Å². The molecule has 0 spiro atoms. The van der Waals surface area contributed by atoms with Crippen molar-refractivity contribution >= 4 is 22.0 Å². The average molecular weight is 278 g/mol. The van der Waals surface area contributed by atoms with Gasteiger partial charge in [-0.15, -0.1) is 0 Å². The summed E-state index contributed by atoms with van der Waals surface area (Å²) in [5.41, 5.74) is -0.395. The zero-order valence-corrected chi connectivity index (χ0v) is 11.5. The number of rotatable bonds is 2. The third-order valence-corrected chi connectivity index (χ3v) is 4.19. The van der Waals surface area contributed by atoms with Crippen LogP contribution in [0.4, 0.5) is 0 Å². The minimum Gasteiger partial charge on any atom is -0.290 e. The van der Waals surface area contributed by atoms with Crippen LogP contribution in [0.5, 0.6) is 0 Å². The van der Waals surface area contributed by atoms with Crippen molar-refractivity contribution in [2.45, 2.75) is 19.4 Å². The second-order valence-corrected chi connectivity index (χ2v) is 6.19. The van der Waals surface area contributed by atoms with Crippen molar-refractivity contribution in [1.29, 1.82) is 0 Å². The van der Waals surface area contributed by atoms with Crippen molar-refractivity contribution < 1.29 is 17.4 Å². The number of carbonyl (C=O) groups is 1. The molecule has 1 aliphatic heterocycles. The van der Waals surface area contributed by atoms with E-state index in [4.69, 9.17) is 4.18 Å². The Balaban J connectivity index is 2.29. The summed E-state index contributed by atoms with van der Waals surface area (Å²) in [6.45, 7) is 2.88. The second-order valence-electron chi connectivity index (χ2n) is 4.68. The summed E-state index contributed by atoms with van der Waals surface area (Å²) in [6.07, 6.45) is 4.53. The van der Waals surface area contributed by atoms with E-state index in [-0.39, 0.29) is 4.91 Å². The van der Waals surface area contributed by atoms with Crippen LogP contribution in [-0.2, 0) is 19.1 Å². The summed E-state index contributed by atoms with van der Waals surface area (Å²) in [7, 11) is -3.94. The minimum atomic E-state index is -3.94. The molecule has 0 aliphatic carbocycles. The molecule has 1 fully saturated rings. The maximum Gasteiger partial charge on any atom is 0.301 e. The van der Waals surface area contributed by atoms with Crippen molar-refractivity contribution in [1.82, 2.24) is 0 Å². The Morgan fingerprint density at radius 2 is 1.79 bits per heavy atom. The van der Waals surface area contributed by atoms with Crippen LogP contribution < -0.4 is 0 Å². The lowest BCUT2D eigenvalue weighted by Gasteiger charge is -2.09. The Bertz CT molecular complexity index is 652. The summed E-state index contributed by atoms with van der Waals surface area (Å²) >= 11 is 0. The minimum absolute atomic E-state index is 0.301. The zero-order valence-electron chi connectivity index (χ0n) is 10.7. The standard InChI is InChI=1S/C14H14O4S/c1-14(2)13(15)12(19(16,17)18-14)10-6-9-11-7-4-3-5-8-11/h3-10H,1-2H3/b9-6+,12-10-. The van der Waals surface area contributed by atoms with Crippen LogP contribution in [0.1, 0.15) is 19.4 Å². The number of hydrogen-bond donors (Lipinski definition) is 0. The maximum atomic E-state index is 11.9. The molecule has 1 aromatic rings. The van der Waals surface area contributed by atoms with Crippen LogP contribution in [0.25, 0.3) is 6.08 Å². The predicted molar refractivity (Wildman–Crippen MR) is 72.6 cm³/mol. The van der Waals surface area contributed by atoms with Gasteiger partial charge in [-0.25, -0.2) is 0 Å². The van der Waals surface area contributed by atoms with Gasteiger partial charge < -0.3 is 0 Å². The molecule has 0 atom stereocenters. The van der Waals surface area contributed by atoms with E-state index in [1.165, 1.54) is 26.0 Å². The summed E-state index contributed by atoms with van der Waals surface area (Å²) < 4.78 is 28.2. The highest BCUT2D eigenvalue weighted by atomic mass is 32.2. The number of benzene rings is 1. The fourth-order valence-corrected chi connectivity index (χ4v) is 3.17. The first kappa shape index (κ1) is 13.7. The van der Waals surface area contributed by atoms with E-state index in [2.05, 4.69) is 0 Å². The average Bonchev–Trinajstić information content (AvgIpc) is 2.48. The molecular weight excluding hydrogens is 264 g/mol. The lowest BCUT2D eigenvalue weighted by atomic mass is 10.0. The highest BCUT2D eigenvalue weighted by Gasteiger charge is 2.48. The lowest BCUT2D eigenvalue weighted by molar-refractivity contribution is -0.124. The van der Waals surface area contributed by atoms with Crippen LogP contribution in [0, 0.1) is 0 Å². The van der Waals surface area contributed by atoms with Crippen molar-refractivity contribution in [2.75, 3.05) is 0 Å². The van der Waals surface area contributed by atoms with Crippen LogP contribution in [0.15, 0.2) is 47.4 Å². The van der Waals surface area contributed by atoms with Crippen LogP contribution >= 0.6 is 0 Å². The van der Waals surface area contributed by atoms with Crippen LogP contribution in [0.3, 0.4) is 0 Å². The van der Waals surface area contributed by atoms with E-state index >= 15 is 0 Å². The van der Waals surface area contributed by atoms with Gasteiger partial charge in [-0.3, -0.25) is 8.98 Å². The molecule has 2 rings (SSSR count). The topological polar surface area (TPSA) is 60.4 Å². The van der Waals surface area contributed by atoms with Crippen LogP contribution in [-0.4, -0.2) is 19.8 Å². The van der Waals surface area contributed by atoms with Crippen molar-refractivity contribution in [3.63, 3.8) is 0 Å². The molecule has 0 aromatic heterocycles. The molecule has 0 N–H and O–H groups in total. The molecule has 4 nitrogen and oxygen atoms in total. The lowest BCUT2D eigenvalue weighted by Crippen LogP contribution is -2.27. The van der Waals surface area contributed by atoms with Gasteiger partial charge in [-0.2, -0.15) is 8.42 Å². The van der Waals surface area contributed by atoms with Gasteiger partial charge in [-0.05, 0) is 25.5 Å². The van der Waals surface area contributed by atoms with Gasteiger partial charge >= 0.3 is 10.1 Å². The Morgan fingerprint density at radius 3 is 2.32 bits per heavy atom. The van der Waals surface area contributed by atoms with E-state index in [1.54, 1.807) is 6.08 Å². The SMILES string of the molecule is CC1(C)OS(=O)(=O)/C(=C\C=C\c2ccccc2)C1=O. The molecule has 19 heavy (non-hydrogen) atoms. The van der Waals surface area contributed by atoms with Gasteiger partial charge in [0.2, 0.25) is 5.78 Å². The summed E-state index contributed by atoms with van der Waals surface area (Å²) in [4.78, 5) is 11.6. The fraction of sp³-hybridized carbons (Fsp3) is 0.214. The van der Waals surface area contributed by atoms with E-state index in [0.717, 1.165) is 5.56 Å². The number of ketones is 1. The van der Waals surface area contributed by atoms with Gasteiger partial charge in [0.15, 0.2) is 0 Å². The second kappa shape index (κ2) is 4.75. The van der Waals surface area contributed by atoms with E-state index in [1.807, 2.05) is 30.3 Å².